The van der Waals surface area contributed by atoms with E-state index in [1.165, 1.54) is 7.11 Å². The topological polar surface area (TPSA) is 81.4 Å². The van der Waals surface area contributed by atoms with E-state index in [4.69, 9.17) is 4.42 Å². The van der Waals surface area contributed by atoms with E-state index in [9.17, 15) is 9.59 Å². The van der Waals surface area contributed by atoms with Crippen molar-refractivity contribution in [3.63, 3.8) is 0 Å². The van der Waals surface area contributed by atoms with Crippen LogP contribution >= 0.6 is 0 Å². The minimum Gasteiger partial charge on any atom is -0.465 e. The highest BCUT2D eigenvalue weighted by Gasteiger charge is 2.09. The number of hydrogen-bond acceptors (Lipinski definition) is 5. The Kier molecular flexibility index (Phi) is 5.99. The highest BCUT2D eigenvalue weighted by atomic mass is 16.5. The molecule has 0 aliphatic carbocycles. The number of hydrogen-bond donors (Lipinski definition) is 1. The maximum atomic E-state index is 12.1. The molecule has 1 heterocycles. The summed E-state index contributed by atoms with van der Waals surface area (Å²) in [5, 5.41) is 2.80. The van der Waals surface area contributed by atoms with Crippen LogP contribution in [0.4, 0.5) is 5.69 Å². The zero-order chi connectivity index (χ0) is 19.1. The van der Waals surface area contributed by atoms with Crippen LogP contribution in [0.3, 0.4) is 0 Å². The second kappa shape index (κ2) is 8.80. The van der Waals surface area contributed by atoms with E-state index < -0.39 is 5.97 Å². The molecule has 1 aromatic heterocycles. The average molecular weight is 364 g/mol. The summed E-state index contributed by atoms with van der Waals surface area (Å²) in [5.41, 5.74) is 2.05. The first-order valence-electron chi connectivity index (χ1n) is 8.64. The number of benzene rings is 2. The Morgan fingerprint density at radius 2 is 1.81 bits per heavy atom. The SMILES string of the molecule is COC(=O)c1ccc(NC(=O)CCCc2ncc(-c3ccccc3)o2)cc1. The van der Waals surface area contributed by atoms with E-state index in [0.717, 1.165) is 11.3 Å². The Hall–Kier alpha value is -3.41. The number of methoxy groups -OCH3 is 1. The lowest BCUT2D eigenvalue weighted by molar-refractivity contribution is -0.116. The minimum atomic E-state index is -0.409. The van der Waals surface area contributed by atoms with Gasteiger partial charge >= 0.3 is 5.97 Å². The molecule has 0 bridgehead atoms. The van der Waals surface area contributed by atoms with E-state index in [-0.39, 0.29) is 5.91 Å². The number of ether oxygens (including phenoxy) is 1. The van der Waals surface area contributed by atoms with E-state index in [2.05, 4.69) is 15.0 Å². The smallest absolute Gasteiger partial charge is 0.337 e. The van der Waals surface area contributed by atoms with Crippen molar-refractivity contribution in [2.45, 2.75) is 19.3 Å². The van der Waals surface area contributed by atoms with Crippen LogP contribution in [0.1, 0.15) is 29.1 Å². The van der Waals surface area contributed by atoms with Crippen LogP contribution < -0.4 is 5.32 Å². The third-order valence-electron chi connectivity index (χ3n) is 4.00. The third-order valence-corrected chi connectivity index (χ3v) is 4.00. The van der Waals surface area contributed by atoms with Gasteiger partial charge in [-0.05, 0) is 30.7 Å². The molecule has 0 aliphatic rings. The zero-order valence-electron chi connectivity index (χ0n) is 15.0. The van der Waals surface area contributed by atoms with Gasteiger partial charge in [0.2, 0.25) is 5.91 Å². The Labute approximate surface area is 157 Å². The summed E-state index contributed by atoms with van der Waals surface area (Å²) < 4.78 is 10.4. The molecule has 6 heteroatoms. The van der Waals surface area contributed by atoms with E-state index >= 15 is 0 Å². The predicted molar refractivity (Wildman–Crippen MR) is 101 cm³/mol. The maximum Gasteiger partial charge on any atom is 0.337 e. The van der Waals surface area contributed by atoms with E-state index in [1.54, 1.807) is 30.5 Å². The Bertz CT molecular complexity index is 901. The fourth-order valence-corrected chi connectivity index (χ4v) is 2.59. The van der Waals surface area contributed by atoms with Crippen molar-refractivity contribution in [1.29, 1.82) is 0 Å². The third kappa shape index (κ3) is 5.04. The van der Waals surface area contributed by atoms with Crippen molar-refractivity contribution < 1.29 is 18.7 Å². The highest BCUT2D eigenvalue weighted by molar-refractivity contribution is 5.93. The molecule has 0 radical (unpaired) electrons. The molecule has 138 valence electrons. The Morgan fingerprint density at radius 3 is 2.52 bits per heavy atom. The minimum absolute atomic E-state index is 0.101. The van der Waals surface area contributed by atoms with Gasteiger partial charge in [0, 0.05) is 24.1 Å². The van der Waals surface area contributed by atoms with Gasteiger partial charge in [0.25, 0.3) is 0 Å². The van der Waals surface area contributed by atoms with Crippen LogP contribution in [0.15, 0.2) is 65.2 Å². The van der Waals surface area contributed by atoms with Crippen molar-refractivity contribution in [2.75, 3.05) is 12.4 Å². The van der Waals surface area contributed by atoms with Gasteiger partial charge in [-0.25, -0.2) is 9.78 Å². The van der Waals surface area contributed by atoms with Gasteiger partial charge in [-0.1, -0.05) is 30.3 Å². The van der Waals surface area contributed by atoms with Gasteiger partial charge in [-0.3, -0.25) is 4.79 Å². The van der Waals surface area contributed by atoms with Crippen molar-refractivity contribution in [3.8, 4) is 11.3 Å². The molecule has 3 aromatic rings. The molecule has 27 heavy (non-hydrogen) atoms. The first kappa shape index (κ1) is 18.4. The van der Waals surface area contributed by atoms with Gasteiger partial charge in [0.15, 0.2) is 11.7 Å². The molecule has 0 fully saturated rings. The van der Waals surface area contributed by atoms with Crippen LogP contribution in [0.2, 0.25) is 0 Å². The number of carbonyl (C=O) groups excluding carboxylic acids is 2. The molecule has 1 N–H and O–H groups in total. The quantitative estimate of drug-likeness (QED) is 0.639. The number of nitrogens with zero attached hydrogens (tertiary/aromatic N) is 1. The van der Waals surface area contributed by atoms with Gasteiger partial charge in [0.1, 0.15) is 0 Å². The first-order chi connectivity index (χ1) is 13.2. The van der Waals surface area contributed by atoms with Gasteiger partial charge in [-0.2, -0.15) is 0 Å². The molecule has 6 nitrogen and oxygen atoms in total. The predicted octanol–water partition coefficient (Wildman–Crippen LogP) is 4.09. The van der Waals surface area contributed by atoms with E-state index in [1.807, 2.05) is 30.3 Å². The number of aromatic nitrogens is 1. The monoisotopic (exact) mass is 364 g/mol. The number of nitrogens with one attached hydrogen (secondary N) is 1. The summed E-state index contributed by atoms with van der Waals surface area (Å²) in [4.78, 5) is 27.7. The van der Waals surface area contributed by atoms with Crippen LogP contribution in [-0.2, 0) is 16.0 Å². The lowest BCUT2D eigenvalue weighted by atomic mass is 10.2. The second-order valence-electron chi connectivity index (χ2n) is 5.95. The number of carbonyl (C=O) groups is 2. The summed E-state index contributed by atoms with van der Waals surface area (Å²) in [5.74, 6) is 0.828. The maximum absolute atomic E-state index is 12.1. The summed E-state index contributed by atoms with van der Waals surface area (Å²) in [6, 6.07) is 16.3. The molecule has 0 spiro atoms. The van der Waals surface area contributed by atoms with E-state index in [0.29, 0.717) is 36.4 Å². The van der Waals surface area contributed by atoms with Crippen LogP contribution in [0.25, 0.3) is 11.3 Å². The number of oxazole rings is 1. The summed E-state index contributed by atoms with van der Waals surface area (Å²) in [6.45, 7) is 0. The molecular formula is C21H20N2O4. The Morgan fingerprint density at radius 1 is 1.07 bits per heavy atom. The number of aryl methyl sites for hydroxylation is 1. The zero-order valence-corrected chi connectivity index (χ0v) is 15.0. The van der Waals surface area contributed by atoms with Gasteiger partial charge < -0.3 is 14.5 Å². The van der Waals surface area contributed by atoms with Gasteiger partial charge in [0.05, 0.1) is 18.9 Å². The average Bonchev–Trinajstić information content (AvgIpc) is 3.17. The standard InChI is InChI=1S/C21H20N2O4/c1-26-21(25)16-10-12-17(13-11-16)23-19(24)8-5-9-20-22-14-18(27-20)15-6-3-2-4-7-15/h2-4,6-7,10-14H,5,8-9H2,1H3,(H,23,24). The largest absolute Gasteiger partial charge is 0.465 e. The van der Waals surface area contributed by atoms with Crippen molar-refractivity contribution in [3.05, 3.63) is 72.2 Å². The van der Waals surface area contributed by atoms with Crippen LogP contribution in [0, 0.1) is 0 Å². The Balaban J connectivity index is 1.46. The lowest BCUT2D eigenvalue weighted by Gasteiger charge is -2.05. The fraction of sp³-hybridized carbons (Fsp3) is 0.190. The van der Waals surface area contributed by atoms with Crippen LogP contribution in [-0.4, -0.2) is 24.0 Å². The summed E-state index contributed by atoms with van der Waals surface area (Å²) in [7, 11) is 1.33. The molecule has 3 rings (SSSR count). The summed E-state index contributed by atoms with van der Waals surface area (Å²) >= 11 is 0. The van der Waals surface area contributed by atoms with Gasteiger partial charge in [-0.15, -0.1) is 0 Å². The number of esters is 1. The molecule has 1 amide bonds. The number of anilines is 1. The lowest BCUT2D eigenvalue weighted by Crippen LogP contribution is -2.11. The summed E-state index contributed by atoms with van der Waals surface area (Å²) in [6.07, 6.45) is 3.26. The molecule has 2 aromatic carbocycles. The van der Waals surface area contributed by atoms with Crippen molar-refractivity contribution >= 4 is 17.6 Å². The number of rotatable bonds is 7. The van der Waals surface area contributed by atoms with Crippen LogP contribution in [0.5, 0.6) is 0 Å². The first-order valence-corrected chi connectivity index (χ1v) is 8.64. The molecule has 0 saturated carbocycles. The van der Waals surface area contributed by atoms with Crippen molar-refractivity contribution in [1.82, 2.24) is 4.98 Å². The highest BCUT2D eigenvalue weighted by Crippen LogP contribution is 2.20. The fourth-order valence-electron chi connectivity index (χ4n) is 2.59. The number of amides is 1. The molecule has 0 saturated heterocycles. The molecule has 0 aliphatic heterocycles. The second-order valence-corrected chi connectivity index (χ2v) is 5.95. The normalized spacial score (nSPS) is 10.4. The van der Waals surface area contributed by atoms with Crippen molar-refractivity contribution in [2.24, 2.45) is 0 Å². The molecule has 0 unspecified atom stereocenters. The molecular weight excluding hydrogens is 344 g/mol. The molecule has 0 atom stereocenters.